The van der Waals surface area contributed by atoms with E-state index in [0.29, 0.717) is 16.9 Å². The zero-order chi connectivity index (χ0) is 18.2. The Morgan fingerprint density at radius 1 is 1.08 bits per heavy atom. The number of alkyl halides is 3. The first-order valence-corrected chi connectivity index (χ1v) is 8.74. The van der Waals surface area contributed by atoms with E-state index in [4.69, 9.17) is 4.74 Å². The number of fused-ring (bicyclic) bond motifs is 1. The van der Waals surface area contributed by atoms with Crippen LogP contribution in [0.15, 0.2) is 30.3 Å². The van der Waals surface area contributed by atoms with Gasteiger partial charge in [0.15, 0.2) is 0 Å². The number of hydrogen-bond acceptors (Lipinski definition) is 2. The first-order chi connectivity index (χ1) is 11.8. The summed E-state index contributed by atoms with van der Waals surface area (Å²) in [4.78, 5) is 0. The van der Waals surface area contributed by atoms with Gasteiger partial charge in [0, 0.05) is 0 Å². The SMILES string of the molecule is CC(O)c1ccc2ccc(O[C@H]3CC[C@@H](C)CC3)c(C(F)(F)F)c2c1. The summed E-state index contributed by atoms with van der Waals surface area (Å²) < 4.78 is 47.1. The van der Waals surface area contributed by atoms with Crippen molar-refractivity contribution in [1.82, 2.24) is 0 Å². The average Bonchev–Trinajstić information content (AvgIpc) is 2.55. The minimum Gasteiger partial charge on any atom is -0.490 e. The third kappa shape index (κ3) is 3.92. The topological polar surface area (TPSA) is 29.5 Å². The number of benzene rings is 2. The van der Waals surface area contributed by atoms with E-state index in [-0.39, 0.29) is 17.2 Å². The Morgan fingerprint density at radius 3 is 2.32 bits per heavy atom. The Balaban J connectivity index is 2.05. The number of aliphatic hydroxyl groups is 1. The molecule has 25 heavy (non-hydrogen) atoms. The van der Waals surface area contributed by atoms with Gasteiger partial charge in [-0.1, -0.05) is 25.1 Å². The van der Waals surface area contributed by atoms with Crippen molar-refractivity contribution in [2.75, 3.05) is 0 Å². The molecule has 0 aliphatic heterocycles. The van der Waals surface area contributed by atoms with Crippen molar-refractivity contribution in [1.29, 1.82) is 0 Å². The molecule has 1 fully saturated rings. The third-order valence-corrected chi connectivity index (χ3v) is 5.03. The van der Waals surface area contributed by atoms with Gasteiger partial charge in [-0.3, -0.25) is 0 Å². The molecular weight excluding hydrogens is 329 g/mol. The largest absolute Gasteiger partial charge is 0.490 e. The lowest BCUT2D eigenvalue weighted by molar-refractivity contribution is -0.138. The van der Waals surface area contributed by atoms with Crippen molar-refractivity contribution >= 4 is 10.8 Å². The maximum Gasteiger partial charge on any atom is 0.420 e. The summed E-state index contributed by atoms with van der Waals surface area (Å²) in [5.74, 6) is 0.495. The Hall–Kier alpha value is -1.75. The van der Waals surface area contributed by atoms with Crippen LogP contribution in [0.5, 0.6) is 5.75 Å². The predicted octanol–water partition coefficient (Wildman–Crippen LogP) is 5.87. The zero-order valence-electron chi connectivity index (χ0n) is 14.4. The molecule has 1 aliphatic carbocycles. The summed E-state index contributed by atoms with van der Waals surface area (Å²) in [6.07, 6.45) is -2.00. The van der Waals surface area contributed by atoms with Gasteiger partial charge in [-0.05, 0) is 67.0 Å². The minimum atomic E-state index is -4.52. The van der Waals surface area contributed by atoms with Crippen LogP contribution in [0.25, 0.3) is 10.8 Å². The molecule has 2 aromatic carbocycles. The molecule has 0 saturated heterocycles. The van der Waals surface area contributed by atoms with Crippen LogP contribution < -0.4 is 4.74 Å². The summed E-state index contributed by atoms with van der Waals surface area (Å²) in [5, 5.41) is 10.3. The Labute approximate surface area is 145 Å². The number of halogens is 3. The molecule has 1 atom stereocenters. The Morgan fingerprint density at radius 2 is 1.72 bits per heavy atom. The molecule has 1 unspecified atom stereocenters. The molecule has 1 aliphatic rings. The van der Waals surface area contributed by atoms with Crippen LogP contribution in [0.1, 0.15) is 56.8 Å². The molecule has 2 aromatic rings. The first-order valence-electron chi connectivity index (χ1n) is 8.74. The van der Waals surface area contributed by atoms with Gasteiger partial charge in [-0.25, -0.2) is 0 Å². The van der Waals surface area contributed by atoms with Crippen LogP contribution in [-0.2, 0) is 6.18 Å². The van der Waals surface area contributed by atoms with Crippen LogP contribution >= 0.6 is 0 Å². The fourth-order valence-corrected chi connectivity index (χ4v) is 3.49. The lowest BCUT2D eigenvalue weighted by Gasteiger charge is -2.28. The van der Waals surface area contributed by atoms with Crippen LogP contribution in [0.3, 0.4) is 0 Å². The maximum atomic E-state index is 13.8. The highest BCUT2D eigenvalue weighted by Gasteiger charge is 2.37. The highest BCUT2D eigenvalue weighted by molar-refractivity contribution is 5.89. The van der Waals surface area contributed by atoms with Crippen molar-refractivity contribution in [2.45, 2.75) is 57.9 Å². The van der Waals surface area contributed by atoms with Crippen molar-refractivity contribution in [3.63, 3.8) is 0 Å². The number of ether oxygens (including phenoxy) is 1. The molecule has 0 amide bonds. The highest BCUT2D eigenvalue weighted by Crippen LogP contribution is 2.43. The Bertz CT molecular complexity index is 744. The van der Waals surface area contributed by atoms with E-state index < -0.39 is 17.8 Å². The highest BCUT2D eigenvalue weighted by atomic mass is 19.4. The van der Waals surface area contributed by atoms with Gasteiger partial charge in [0.2, 0.25) is 0 Å². The summed E-state index contributed by atoms with van der Waals surface area (Å²) in [6.45, 7) is 3.70. The van der Waals surface area contributed by atoms with E-state index in [1.807, 2.05) is 0 Å². The summed E-state index contributed by atoms with van der Waals surface area (Å²) >= 11 is 0. The standard InChI is InChI=1S/C20H23F3O2/c1-12-3-8-16(9-4-12)25-18-10-7-14-5-6-15(13(2)24)11-17(14)19(18)20(21,22)23/h5-7,10-13,16,24H,3-4,8-9H2,1-2H3/t12-,13?,16+. The molecule has 0 heterocycles. The van der Waals surface area contributed by atoms with E-state index >= 15 is 0 Å². The molecular formula is C20H23F3O2. The zero-order valence-corrected chi connectivity index (χ0v) is 14.4. The predicted molar refractivity (Wildman–Crippen MR) is 91.6 cm³/mol. The van der Waals surface area contributed by atoms with Crippen molar-refractivity contribution in [3.05, 3.63) is 41.5 Å². The quantitative estimate of drug-likeness (QED) is 0.748. The fraction of sp³-hybridized carbons (Fsp3) is 0.500. The number of hydrogen-bond donors (Lipinski definition) is 1. The summed E-state index contributed by atoms with van der Waals surface area (Å²) in [5.41, 5.74) is -0.284. The van der Waals surface area contributed by atoms with Gasteiger partial charge in [0.1, 0.15) is 11.3 Å². The summed E-state index contributed by atoms with van der Waals surface area (Å²) in [7, 11) is 0. The number of rotatable bonds is 3. The van der Waals surface area contributed by atoms with Gasteiger partial charge in [-0.2, -0.15) is 13.2 Å². The lowest BCUT2D eigenvalue weighted by atomic mass is 9.89. The molecule has 5 heteroatoms. The van der Waals surface area contributed by atoms with Crippen LogP contribution in [-0.4, -0.2) is 11.2 Å². The third-order valence-electron chi connectivity index (χ3n) is 5.03. The van der Waals surface area contributed by atoms with Crippen LogP contribution in [0.4, 0.5) is 13.2 Å². The smallest absolute Gasteiger partial charge is 0.420 e. The van der Waals surface area contributed by atoms with E-state index in [1.54, 1.807) is 18.2 Å². The van der Waals surface area contributed by atoms with Gasteiger partial charge in [0.25, 0.3) is 0 Å². The minimum absolute atomic E-state index is 0.0765. The second kappa shape index (κ2) is 6.87. The van der Waals surface area contributed by atoms with E-state index in [9.17, 15) is 18.3 Å². The summed E-state index contributed by atoms with van der Waals surface area (Å²) in [6, 6.07) is 7.75. The van der Waals surface area contributed by atoms with E-state index in [1.165, 1.54) is 19.1 Å². The van der Waals surface area contributed by atoms with Gasteiger partial charge < -0.3 is 9.84 Å². The monoisotopic (exact) mass is 352 g/mol. The molecule has 1 saturated carbocycles. The normalized spacial score (nSPS) is 22.8. The van der Waals surface area contributed by atoms with Gasteiger partial charge in [-0.15, -0.1) is 0 Å². The molecule has 3 rings (SSSR count). The lowest BCUT2D eigenvalue weighted by Crippen LogP contribution is -2.24. The van der Waals surface area contributed by atoms with Crippen molar-refractivity contribution < 1.29 is 23.0 Å². The second-order valence-corrected chi connectivity index (χ2v) is 7.09. The maximum absolute atomic E-state index is 13.8. The van der Waals surface area contributed by atoms with Crippen molar-refractivity contribution in [2.24, 2.45) is 5.92 Å². The van der Waals surface area contributed by atoms with Crippen molar-refractivity contribution in [3.8, 4) is 5.75 Å². The molecule has 0 bridgehead atoms. The second-order valence-electron chi connectivity index (χ2n) is 7.09. The molecule has 0 spiro atoms. The van der Waals surface area contributed by atoms with Gasteiger partial charge in [0.05, 0.1) is 12.2 Å². The molecule has 0 radical (unpaired) electrons. The number of aliphatic hydroxyl groups excluding tert-OH is 1. The molecule has 136 valence electrons. The van der Waals surface area contributed by atoms with Crippen LogP contribution in [0, 0.1) is 5.92 Å². The fourth-order valence-electron chi connectivity index (χ4n) is 3.49. The molecule has 2 nitrogen and oxygen atoms in total. The van der Waals surface area contributed by atoms with E-state index in [2.05, 4.69) is 6.92 Å². The molecule has 0 aromatic heterocycles. The molecule has 1 N–H and O–H groups in total. The van der Waals surface area contributed by atoms with Crippen LogP contribution in [0.2, 0.25) is 0 Å². The first kappa shape index (κ1) is 18.1. The van der Waals surface area contributed by atoms with Gasteiger partial charge >= 0.3 is 6.18 Å². The Kier molecular flexibility index (Phi) is 4.96. The average molecular weight is 352 g/mol. The van der Waals surface area contributed by atoms with E-state index in [0.717, 1.165) is 25.7 Å².